The quantitative estimate of drug-likeness (QED) is 0.780. The van der Waals surface area contributed by atoms with Crippen LogP contribution >= 0.6 is 11.3 Å². The van der Waals surface area contributed by atoms with E-state index in [0.717, 1.165) is 21.8 Å². The van der Waals surface area contributed by atoms with E-state index in [1.807, 2.05) is 48.0 Å². The molecule has 1 N–H and O–H groups in total. The van der Waals surface area contributed by atoms with Gasteiger partial charge in [-0.1, -0.05) is 24.3 Å². The summed E-state index contributed by atoms with van der Waals surface area (Å²) in [6, 6.07) is 18.0. The fourth-order valence-corrected chi connectivity index (χ4v) is 2.72. The average molecular weight is 291 g/mol. The maximum Gasteiger partial charge on any atom is 0.123 e. The van der Waals surface area contributed by atoms with Crippen molar-refractivity contribution >= 4 is 17.0 Å². The van der Waals surface area contributed by atoms with E-state index in [-0.39, 0.29) is 0 Å². The number of hydrogen-bond donors (Lipinski definition) is 1. The Labute approximate surface area is 127 Å². The third kappa shape index (κ3) is 3.28. The molecular formula is C17H13N3S. The van der Waals surface area contributed by atoms with Crippen molar-refractivity contribution in [2.45, 2.75) is 6.54 Å². The summed E-state index contributed by atoms with van der Waals surface area (Å²) in [4.78, 5) is 4.32. The van der Waals surface area contributed by atoms with Gasteiger partial charge in [-0.3, -0.25) is 0 Å². The highest BCUT2D eigenvalue weighted by molar-refractivity contribution is 7.13. The predicted octanol–water partition coefficient (Wildman–Crippen LogP) is 4.29. The lowest BCUT2D eigenvalue weighted by Crippen LogP contribution is -1.99. The molecule has 21 heavy (non-hydrogen) atoms. The van der Waals surface area contributed by atoms with Crippen LogP contribution in [-0.4, -0.2) is 4.98 Å². The molecule has 0 aliphatic heterocycles. The molecule has 1 aromatic heterocycles. The van der Waals surface area contributed by atoms with E-state index < -0.39 is 0 Å². The summed E-state index contributed by atoms with van der Waals surface area (Å²) in [5, 5.41) is 15.3. The predicted molar refractivity (Wildman–Crippen MR) is 86.0 cm³/mol. The van der Waals surface area contributed by atoms with Crippen LogP contribution in [0.4, 0.5) is 5.69 Å². The molecule has 0 amide bonds. The summed E-state index contributed by atoms with van der Waals surface area (Å²) in [5.74, 6) is 0. The lowest BCUT2D eigenvalue weighted by atomic mass is 10.1. The average Bonchev–Trinajstić information content (AvgIpc) is 3.08. The van der Waals surface area contributed by atoms with Crippen LogP contribution in [0.15, 0.2) is 60.1 Å². The minimum absolute atomic E-state index is 0.686. The van der Waals surface area contributed by atoms with Gasteiger partial charge in [0.1, 0.15) is 5.01 Å². The lowest BCUT2D eigenvalue weighted by Gasteiger charge is -2.08. The molecule has 0 aliphatic rings. The van der Waals surface area contributed by atoms with E-state index in [1.54, 1.807) is 11.3 Å². The second-order valence-corrected chi connectivity index (χ2v) is 5.48. The zero-order valence-electron chi connectivity index (χ0n) is 11.3. The van der Waals surface area contributed by atoms with Crippen LogP contribution in [-0.2, 0) is 6.54 Å². The summed E-state index contributed by atoms with van der Waals surface area (Å²) in [6.45, 7) is 0.691. The number of aromatic nitrogens is 1. The standard InChI is InChI=1S/C17H13N3S/c18-11-13-3-1-4-14(9-13)12-20-16-6-2-5-15(10-16)17-19-7-8-21-17/h1-10,20H,12H2. The Hall–Kier alpha value is -2.64. The van der Waals surface area contributed by atoms with Crippen molar-refractivity contribution in [3.05, 3.63) is 71.2 Å². The number of nitrogens with one attached hydrogen (secondary N) is 1. The van der Waals surface area contributed by atoms with Crippen LogP contribution in [0.25, 0.3) is 10.6 Å². The van der Waals surface area contributed by atoms with E-state index in [0.29, 0.717) is 12.1 Å². The summed E-state index contributed by atoms with van der Waals surface area (Å²) >= 11 is 1.63. The van der Waals surface area contributed by atoms with E-state index in [4.69, 9.17) is 5.26 Å². The minimum Gasteiger partial charge on any atom is -0.381 e. The number of thiazole rings is 1. The molecule has 1 heterocycles. The zero-order chi connectivity index (χ0) is 14.5. The molecule has 0 bridgehead atoms. The van der Waals surface area contributed by atoms with Crippen LogP contribution in [0.3, 0.4) is 0 Å². The molecule has 3 nitrogen and oxygen atoms in total. The van der Waals surface area contributed by atoms with Crippen molar-refractivity contribution in [3.63, 3.8) is 0 Å². The second kappa shape index (κ2) is 6.21. The number of hydrogen-bond acceptors (Lipinski definition) is 4. The van der Waals surface area contributed by atoms with Crippen molar-refractivity contribution in [1.29, 1.82) is 5.26 Å². The number of nitriles is 1. The Morgan fingerprint density at radius 2 is 2.05 bits per heavy atom. The highest BCUT2D eigenvalue weighted by Crippen LogP contribution is 2.24. The Morgan fingerprint density at radius 3 is 2.86 bits per heavy atom. The second-order valence-electron chi connectivity index (χ2n) is 4.58. The number of nitrogens with zero attached hydrogens (tertiary/aromatic N) is 2. The van der Waals surface area contributed by atoms with Gasteiger partial charge in [0.15, 0.2) is 0 Å². The molecule has 3 aromatic rings. The first kappa shape index (κ1) is 13.3. The smallest absolute Gasteiger partial charge is 0.123 e. The maximum atomic E-state index is 8.91. The van der Waals surface area contributed by atoms with Crippen LogP contribution < -0.4 is 5.32 Å². The van der Waals surface area contributed by atoms with Gasteiger partial charge in [-0.15, -0.1) is 11.3 Å². The molecule has 0 fully saturated rings. The zero-order valence-corrected chi connectivity index (χ0v) is 12.1. The van der Waals surface area contributed by atoms with Gasteiger partial charge in [0, 0.05) is 29.4 Å². The molecule has 0 spiro atoms. The fraction of sp³-hybridized carbons (Fsp3) is 0.0588. The highest BCUT2D eigenvalue weighted by atomic mass is 32.1. The topological polar surface area (TPSA) is 48.7 Å². The minimum atomic E-state index is 0.686. The molecule has 0 saturated carbocycles. The molecule has 0 saturated heterocycles. The van der Waals surface area contributed by atoms with Gasteiger partial charge in [0.05, 0.1) is 11.6 Å². The molecule has 0 unspecified atom stereocenters. The molecule has 4 heteroatoms. The molecule has 2 aromatic carbocycles. The first-order chi connectivity index (χ1) is 10.3. The monoisotopic (exact) mass is 291 g/mol. The molecule has 0 atom stereocenters. The SMILES string of the molecule is N#Cc1cccc(CNc2cccc(-c3nccs3)c2)c1. The lowest BCUT2D eigenvalue weighted by molar-refractivity contribution is 1.15. The largest absolute Gasteiger partial charge is 0.381 e. The van der Waals surface area contributed by atoms with Gasteiger partial charge < -0.3 is 5.32 Å². The van der Waals surface area contributed by atoms with Crippen molar-refractivity contribution < 1.29 is 0 Å². The molecule has 3 rings (SSSR count). The van der Waals surface area contributed by atoms with Crippen molar-refractivity contribution in [2.24, 2.45) is 0 Å². The van der Waals surface area contributed by atoms with Crippen LogP contribution in [0.1, 0.15) is 11.1 Å². The van der Waals surface area contributed by atoms with Gasteiger partial charge in [0.25, 0.3) is 0 Å². The summed E-state index contributed by atoms with van der Waals surface area (Å²) in [5.41, 5.74) is 3.94. The maximum absolute atomic E-state index is 8.91. The molecule has 102 valence electrons. The number of rotatable bonds is 4. The third-order valence-corrected chi connectivity index (χ3v) is 3.92. The van der Waals surface area contributed by atoms with E-state index in [2.05, 4.69) is 28.5 Å². The normalized spacial score (nSPS) is 10.0. The Kier molecular flexibility index (Phi) is 3.95. The van der Waals surface area contributed by atoms with Gasteiger partial charge in [0.2, 0.25) is 0 Å². The number of anilines is 1. The fourth-order valence-electron chi connectivity index (χ4n) is 2.08. The molecule has 0 aliphatic carbocycles. The van der Waals surface area contributed by atoms with Gasteiger partial charge in [-0.05, 0) is 29.8 Å². The van der Waals surface area contributed by atoms with Gasteiger partial charge in [-0.2, -0.15) is 5.26 Å². The van der Waals surface area contributed by atoms with Crippen molar-refractivity contribution in [3.8, 4) is 16.6 Å². The summed E-state index contributed by atoms with van der Waals surface area (Å²) in [7, 11) is 0. The number of benzene rings is 2. The Morgan fingerprint density at radius 1 is 1.14 bits per heavy atom. The van der Waals surface area contributed by atoms with Gasteiger partial charge >= 0.3 is 0 Å². The van der Waals surface area contributed by atoms with Crippen molar-refractivity contribution in [2.75, 3.05) is 5.32 Å². The van der Waals surface area contributed by atoms with E-state index in [1.165, 1.54) is 0 Å². The highest BCUT2D eigenvalue weighted by Gasteiger charge is 2.02. The first-order valence-corrected chi connectivity index (χ1v) is 7.46. The molecule has 0 radical (unpaired) electrons. The Balaban J connectivity index is 1.73. The van der Waals surface area contributed by atoms with Crippen molar-refractivity contribution in [1.82, 2.24) is 4.98 Å². The third-order valence-electron chi connectivity index (χ3n) is 3.09. The van der Waals surface area contributed by atoms with E-state index >= 15 is 0 Å². The Bertz CT molecular complexity index is 773. The van der Waals surface area contributed by atoms with Gasteiger partial charge in [-0.25, -0.2) is 4.98 Å². The van der Waals surface area contributed by atoms with Crippen LogP contribution in [0.5, 0.6) is 0 Å². The first-order valence-electron chi connectivity index (χ1n) is 6.58. The summed E-state index contributed by atoms with van der Waals surface area (Å²) in [6.07, 6.45) is 1.81. The van der Waals surface area contributed by atoms with Crippen LogP contribution in [0, 0.1) is 11.3 Å². The summed E-state index contributed by atoms with van der Waals surface area (Å²) < 4.78 is 0. The van der Waals surface area contributed by atoms with Crippen LogP contribution in [0.2, 0.25) is 0 Å². The van der Waals surface area contributed by atoms with E-state index in [9.17, 15) is 0 Å². The molecular weight excluding hydrogens is 278 g/mol.